The number of rotatable bonds is 5. The molecule has 1 fully saturated rings. The highest BCUT2D eigenvalue weighted by atomic mass is 35.5. The van der Waals surface area contributed by atoms with Crippen LogP contribution in [0.15, 0.2) is 30.6 Å². The molecule has 9 nitrogen and oxygen atoms in total. The van der Waals surface area contributed by atoms with Crippen molar-refractivity contribution in [1.82, 2.24) is 15.0 Å². The maximum absolute atomic E-state index is 12.3. The fraction of sp³-hybridized carbons (Fsp3) is 0.462. The second-order valence-corrected chi connectivity index (χ2v) is 12.0. The number of methoxy groups -OCH3 is 1. The molecule has 1 amide bonds. The molecule has 3 aromatic rings. The number of anilines is 2. The summed E-state index contributed by atoms with van der Waals surface area (Å²) in [5.74, 6) is 0.641. The zero-order valence-electron chi connectivity index (χ0n) is 21.7. The Hall–Kier alpha value is -2.79. The largest absolute Gasteiger partial charge is 0.513 e. The number of nitrogens with one attached hydrogen (secondary N) is 1. The second-order valence-electron chi connectivity index (χ2n) is 10.5. The molecule has 1 aromatic carbocycles. The average Bonchev–Trinajstić information content (AvgIpc) is 3.25. The molecule has 0 radical (unpaired) electrons. The molecule has 1 aliphatic heterocycles. The fourth-order valence-corrected chi connectivity index (χ4v) is 6.14. The van der Waals surface area contributed by atoms with E-state index in [1.165, 1.54) is 24.6 Å². The number of hydrogen-bond acceptors (Lipinski definition) is 8. The van der Waals surface area contributed by atoms with Gasteiger partial charge < -0.3 is 20.3 Å². The van der Waals surface area contributed by atoms with Crippen LogP contribution in [-0.2, 0) is 5.60 Å². The monoisotopic (exact) mass is 546 g/mol. The Morgan fingerprint density at radius 2 is 1.95 bits per heavy atom. The topological polar surface area (TPSA) is 117 Å². The number of quaternary nitrogens is 1. The van der Waals surface area contributed by atoms with Gasteiger partial charge in [0.15, 0.2) is 0 Å². The molecule has 0 aliphatic carbocycles. The Morgan fingerprint density at radius 3 is 2.62 bits per heavy atom. The average molecular weight is 547 g/mol. The molecule has 3 N–H and O–H groups in total. The first-order valence-electron chi connectivity index (χ1n) is 12.1. The number of ether oxygens (including phenoxy) is 1. The molecule has 11 heteroatoms. The quantitative estimate of drug-likeness (QED) is 0.334. The van der Waals surface area contributed by atoms with Crippen LogP contribution >= 0.6 is 22.9 Å². The van der Waals surface area contributed by atoms with Gasteiger partial charge in [-0.3, -0.25) is 0 Å². The number of carboxylic acid groups (broad SMARTS) is 1. The standard InChI is InChI=1S/C26H32ClN5O4S/c1-16-11-17(13-18(12-16)30-23-29-14-19(27)21(31-23)36-5)20-15-28-22(37-20)26(35)7-6-9-32(10-8-26,24(33)34)25(2,3)4/h11-15,35H,6-10H2,1-5H3,(H-,29,30,31,33,34)/p+1/t26-,32?/m1/s1. The summed E-state index contributed by atoms with van der Waals surface area (Å²) in [6.45, 7) is 8.65. The van der Waals surface area contributed by atoms with Crippen LogP contribution < -0.4 is 10.1 Å². The number of carbonyl (C=O) groups is 1. The Kier molecular flexibility index (Phi) is 7.49. The van der Waals surface area contributed by atoms with Gasteiger partial charge in [-0.2, -0.15) is 9.78 Å². The van der Waals surface area contributed by atoms with Crippen molar-refractivity contribution in [2.75, 3.05) is 25.5 Å². The first-order valence-corrected chi connectivity index (χ1v) is 13.3. The Morgan fingerprint density at radius 1 is 1.19 bits per heavy atom. The number of aliphatic hydroxyl groups is 1. The molecule has 37 heavy (non-hydrogen) atoms. The molecule has 0 bridgehead atoms. The summed E-state index contributed by atoms with van der Waals surface area (Å²) in [6.07, 6.45) is 3.80. The predicted octanol–water partition coefficient (Wildman–Crippen LogP) is 5.98. The van der Waals surface area contributed by atoms with Gasteiger partial charge in [-0.25, -0.2) is 14.5 Å². The van der Waals surface area contributed by atoms with Crippen LogP contribution in [0.1, 0.15) is 50.6 Å². The molecule has 1 unspecified atom stereocenters. The van der Waals surface area contributed by atoms with Crippen molar-refractivity contribution in [3.05, 3.63) is 46.2 Å². The summed E-state index contributed by atoms with van der Waals surface area (Å²) < 4.78 is 5.10. The third-order valence-corrected chi connectivity index (χ3v) is 8.61. The normalized spacial score (nSPS) is 22.4. The van der Waals surface area contributed by atoms with Gasteiger partial charge in [0.25, 0.3) is 0 Å². The van der Waals surface area contributed by atoms with Gasteiger partial charge in [0.1, 0.15) is 21.2 Å². The SMILES string of the molecule is COc1nc(Nc2cc(C)cc(-c3cnc([C@@]4(O)CCC[N+](C(=O)O)(C(C)(C)C)CC4)s3)c2)ncc1Cl. The first-order chi connectivity index (χ1) is 17.4. The molecule has 0 saturated carbocycles. The van der Waals surface area contributed by atoms with Gasteiger partial charge in [0.2, 0.25) is 11.8 Å². The number of aromatic nitrogens is 3. The molecule has 0 spiro atoms. The summed E-state index contributed by atoms with van der Waals surface area (Å²) in [6, 6.07) is 6.00. The number of amides is 1. The Labute approximate surface area is 225 Å². The molecule has 1 saturated heterocycles. The van der Waals surface area contributed by atoms with E-state index in [4.69, 9.17) is 16.3 Å². The summed E-state index contributed by atoms with van der Waals surface area (Å²) in [7, 11) is 1.50. The Balaban J connectivity index is 1.59. The second kappa shape index (κ2) is 10.2. The van der Waals surface area contributed by atoms with Crippen molar-refractivity contribution in [3.63, 3.8) is 0 Å². The fourth-order valence-electron chi connectivity index (χ4n) is 4.92. The Bertz CT molecular complexity index is 1310. The van der Waals surface area contributed by atoms with E-state index in [9.17, 15) is 15.0 Å². The first kappa shape index (κ1) is 27.3. The summed E-state index contributed by atoms with van der Waals surface area (Å²) in [5.41, 5.74) is 1.11. The maximum atomic E-state index is 12.3. The lowest BCUT2D eigenvalue weighted by Gasteiger charge is -2.43. The van der Waals surface area contributed by atoms with Crippen molar-refractivity contribution in [2.45, 2.75) is 58.1 Å². The van der Waals surface area contributed by atoms with Crippen LogP contribution in [-0.4, -0.2) is 61.5 Å². The van der Waals surface area contributed by atoms with E-state index in [1.54, 1.807) is 6.20 Å². The highest BCUT2D eigenvalue weighted by Crippen LogP contribution is 2.42. The van der Waals surface area contributed by atoms with Crippen LogP contribution in [0.2, 0.25) is 5.02 Å². The van der Waals surface area contributed by atoms with Crippen LogP contribution in [0.4, 0.5) is 16.4 Å². The molecule has 198 valence electrons. The molecule has 1 aliphatic rings. The number of thiazole rings is 1. The lowest BCUT2D eigenvalue weighted by molar-refractivity contribution is -0.903. The molecule has 4 rings (SSSR count). The highest BCUT2D eigenvalue weighted by Gasteiger charge is 2.51. The number of halogens is 1. The minimum atomic E-state index is -1.16. The van der Waals surface area contributed by atoms with Crippen LogP contribution in [0, 0.1) is 6.92 Å². The van der Waals surface area contributed by atoms with Crippen molar-refractivity contribution in [3.8, 4) is 16.3 Å². The van der Waals surface area contributed by atoms with Crippen LogP contribution in [0.3, 0.4) is 0 Å². The van der Waals surface area contributed by atoms with E-state index < -0.39 is 17.2 Å². The van der Waals surface area contributed by atoms with Gasteiger partial charge in [-0.15, -0.1) is 11.3 Å². The van der Waals surface area contributed by atoms with E-state index >= 15 is 0 Å². The smallest absolute Gasteiger partial charge is 0.480 e. The number of benzene rings is 1. The number of nitrogens with zero attached hydrogens (tertiary/aromatic N) is 4. The lowest BCUT2D eigenvalue weighted by atomic mass is 9.95. The van der Waals surface area contributed by atoms with Gasteiger partial charge in [-0.1, -0.05) is 17.7 Å². The third kappa shape index (κ3) is 5.43. The maximum Gasteiger partial charge on any atom is 0.513 e. The van der Waals surface area contributed by atoms with Gasteiger partial charge in [0, 0.05) is 24.7 Å². The van der Waals surface area contributed by atoms with E-state index in [0.29, 0.717) is 48.3 Å². The molecule has 2 aromatic heterocycles. The lowest BCUT2D eigenvalue weighted by Crippen LogP contribution is -2.63. The third-order valence-electron chi connectivity index (χ3n) is 7.11. The minimum absolute atomic E-state index is 0.0714. The van der Waals surface area contributed by atoms with Crippen LogP contribution in [0.5, 0.6) is 5.88 Å². The number of likely N-dealkylation sites (tertiary alicyclic amines) is 1. The van der Waals surface area contributed by atoms with E-state index in [-0.39, 0.29) is 10.4 Å². The van der Waals surface area contributed by atoms with Crippen molar-refractivity contribution in [1.29, 1.82) is 0 Å². The van der Waals surface area contributed by atoms with Gasteiger partial charge in [0.05, 0.1) is 31.3 Å². The zero-order valence-corrected chi connectivity index (χ0v) is 23.3. The summed E-state index contributed by atoms with van der Waals surface area (Å²) >= 11 is 7.47. The zero-order chi connectivity index (χ0) is 27.0. The molecule has 3 heterocycles. The van der Waals surface area contributed by atoms with Crippen LogP contribution in [0.25, 0.3) is 10.4 Å². The molecular formula is C26H33ClN5O4S+. The summed E-state index contributed by atoms with van der Waals surface area (Å²) in [4.78, 5) is 26.3. The predicted molar refractivity (Wildman–Crippen MR) is 145 cm³/mol. The van der Waals surface area contributed by atoms with Gasteiger partial charge in [-0.05, 0) is 57.4 Å². The van der Waals surface area contributed by atoms with Crippen molar-refractivity contribution >= 4 is 40.7 Å². The van der Waals surface area contributed by atoms with E-state index in [2.05, 4.69) is 26.3 Å². The van der Waals surface area contributed by atoms with Crippen molar-refractivity contribution in [2.24, 2.45) is 0 Å². The van der Waals surface area contributed by atoms with E-state index in [0.717, 1.165) is 21.7 Å². The minimum Gasteiger partial charge on any atom is -0.480 e. The van der Waals surface area contributed by atoms with Gasteiger partial charge >= 0.3 is 6.09 Å². The van der Waals surface area contributed by atoms with E-state index in [1.807, 2.05) is 39.8 Å². The number of hydrogen-bond donors (Lipinski definition) is 3. The summed E-state index contributed by atoms with van der Waals surface area (Å²) in [5, 5.41) is 25.9. The highest BCUT2D eigenvalue weighted by molar-refractivity contribution is 7.15. The number of aryl methyl sites for hydroxylation is 1. The molecular weight excluding hydrogens is 514 g/mol. The van der Waals surface area contributed by atoms with Crippen molar-refractivity contribution < 1.29 is 24.2 Å². The molecule has 2 atom stereocenters.